The van der Waals surface area contributed by atoms with E-state index in [9.17, 15) is 5.11 Å². The summed E-state index contributed by atoms with van der Waals surface area (Å²) in [7, 11) is 0. The van der Waals surface area contributed by atoms with Crippen LogP contribution in [0.4, 0.5) is 0 Å². The Bertz CT molecular complexity index is 542. The van der Waals surface area contributed by atoms with Gasteiger partial charge in [-0.25, -0.2) is 0 Å². The summed E-state index contributed by atoms with van der Waals surface area (Å²) in [6.07, 6.45) is 0. The Kier molecular flexibility index (Phi) is 6.16. The van der Waals surface area contributed by atoms with Crippen LogP contribution < -0.4 is 0 Å². The minimum atomic E-state index is 0.321. The zero-order chi connectivity index (χ0) is 16.0. The van der Waals surface area contributed by atoms with Gasteiger partial charge in [-0.2, -0.15) is 0 Å². The summed E-state index contributed by atoms with van der Waals surface area (Å²) in [5, 5.41) is 10.4. The van der Waals surface area contributed by atoms with Crippen molar-refractivity contribution in [2.24, 2.45) is 0 Å². The van der Waals surface area contributed by atoms with Crippen LogP contribution in [0.25, 0.3) is 11.1 Å². The summed E-state index contributed by atoms with van der Waals surface area (Å²) in [6, 6.07) is 14.6. The lowest BCUT2D eigenvalue weighted by Gasteiger charge is -2.17. The topological polar surface area (TPSA) is 37.3 Å². The zero-order valence-corrected chi connectivity index (χ0v) is 13.3. The van der Waals surface area contributed by atoms with Crippen molar-refractivity contribution in [2.75, 3.05) is 0 Å². The van der Waals surface area contributed by atoms with Gasteiger partial charge in [0.15, 0.2) is 0 Å². The Hall–Kier alpha value is -2.09. The molecule has 112 valence electrons. The second-order valence-corrected chi connectivity index (χ2v) is 5.68. The third kappa shape index (κ3) is 3.94. The summed E-state index contributed by atoms with van der Waals surface area (Å²) in [5.41, 5.74) is 4.45. The van der Waals surface area contributed by atoms with Crippen molar-refractivity contribution in [3.05, 3.63) is 53.6 Å². The van der Waals surface area contributed by atoms with Gasteiger partial charge in [-0.3, -0.25) is 0 Å². The Morgan fingerprint density at radius 2 is 1.24 bits per heavy atom. The maximum atomic E-state index is 10.4. The van der Waals surface area contributed by atoms with Gasteiger partial charge >= 0.3 is 0 Å². The first kappa shape index (κ1) is 17.0. The van der Waals surface area contributed by atoms with Crippen molar-refractivity contribution >= 4 is 6.79 Å². The molecule has 0 aliphatic heterocycles. The predicted molar refractivity (Wildman–Crippen MR) is 88.8 cm³/mol. The number of hydrogen-bond acceptors (Lipinski definition) is 2. The number of benzene rings is 2. The Morgan fingerprint density at radius 1 is 0.810 bits per heavy atom. The second-order valence-electron chi connectivity index (χ2n) is 5.68. The highest BCUT2D eigenvalue weighted by Gasteiger charge is 2.15. The first-order chi connectivity index (χ1) is 10.0. The Balaban J connectivity index is 0.00000106. The van der Waals surface area contributed by atoms with Crippen LogP contribution in [0, 0.1) is 0 Å². The third-order valence-corrected chi connectivity index (χ3v) is 3.52. The summed E-state index contributed by atoms with van der Waals surface area (Å²) in [4.78, 5) is 8.00. The molecule has 0 spiro atoms. The van der Waals surface area contributed by atoms with Crippen molar-refractivity contribution in [2.45, 2.75) is 39.5 Å². The molecule has 0 aromatic heterocycles. The summed E-state index contributed by atoms with van der Waals surface area (Å²) < 4.78 is 0. The number of phenols is 1. The number of rotatable bonds is 3. The molecule has 21 heavy (non-hydrogen) atoms. The SMILES string of the molecule is C=O.CC(C)c1cc(-c2ccccc2)cc(C(C)C)c1O. The van der Waals surface area contributed by atoms with Crippen molar-refractivity contribution in [3.8, 4) is 16.9 Å². The minimum Gasteiger partial charge on any atom is -0.507 e. The molecular formula is C19H24O2. The van der Waals surface area contributed by atoms with Gasteiger partial charge < -0.3 is 9.90 Å². The lowest BCUT2D eigenvalue weighted by Crippen LogP contribution is -1.97. The Morgan fingerprint density at radius 3 is 1.62 bits per heavy atom. The van der Waals surface area contributed by atoms with Crippen LogP contribution in [0.2, 0.25) is 0 Å². The van der Waals surface area contributed by atoms with Crippen LogP contribution in [0.15, 0.2) is 42.5 Å². The maximum Gasteiger partial charge on any atom is 0.122 e. The van der Waals surface area contributed by atoms with Crippen molar-refractivity contribution in [1.82, 2.24) is 0 Å². The standard InChI is InChI=1S/C18H22O.CH2O/c1-12(2)16-10-15(14-8-6-5-7-9-14)11-17(13(3)4)18(16)19;1-2/h5-13,19H,1-4H3;1H2. The van der Waals surface area contributed by atoms with E-state index in [2.05, 4.69) is 52.0 Å². The van der Waals surface area contributed by atoms with E-state index in [0.29, 0.717) is 17.6 Å². The van der Waals surface area contributed by atoms with Gasteiger partial charge in [0, 0.05) is 0 Å². The van der Waals surface area contributed by atoms with E-state index in [-0.39, 0.29) is 0 Å². The molecule has 0 fully saturated rings. The van der Waals surface area contributed by atoms with Crippen LogP contribution in [0.5, 0.6) is 5.75 Å². The first-order valence-corrected chi connectivity index (χ1v) is 7.21. The smallest absolute Gasteiger partial charge is 0.122 e. The summed E-state index contributed by atoms with van der Waals surface area (Å²) in [5.74, 6) is 1.10. The van der Waals surface area contributed by atoms with Crippen LogP contribution in [0.1, 0.15) is 50.7 Å². The van der Waals surface area contributed by atoms with Crippen LogP contribution in [-0.4, -0.2) is 11.9 Å². The molecule has 2 heteroatoms. The van der Waals surface area contributed by atoms with Gasteiger partial charge in [0.1, 0.15) is 12.5 Å². The molecule has 0 radical (unpaired) electrons. The maximum absolute atomic E-state index is 10.4. The molecule has 0 heterocycles. The molecule has 1 N–H and O–H groups in total. The van der Waals surface area contributed by atoms with Gasteiger partial charge in [-0.15, -0.1) is 0 Å². The molecule has 0 saturated heterocycles. The zero-order valence-electron chi connectivity index (χ0n) is 13.3. The molecule has 0 bridgehead atoms. The number of aromatic hydroxyl groups is 1. The van der Waals surface area contributed by atoms with Gasteiger partial charge in [0.25, 0.3) is 0 Å². The number of phenolic OH excluding ortho intramolecular Hbond substituents is 1. The molecule has 0 unspecified atom stereocenters. The van der Waals surface area contributed by atoms with Crippen LogP contribution >= 0.6 is 0 Å². The molecule has 2 aromatic rings. The molecular weight excluding hydrogens is 260 g/mol. The largest absolute Gasteiger partial charge is 0.507 e. The average molecular weight is 284 g/mol. The molecule has 0 aliphatic rings. The van der Waals surface area contributed by atoms with Crippen molar-refractivity contribution < 1.29 is 9.90 Å². The van der Waals surface area contributed by atoms with Gasteiger partial charge in [0.05, 0.1) is 0 Å². The monoisotopic (exact) mass is 284 g/mol. The van der Waals surface area contributed by atoms with Crippen LogP contribution in [0.3, 0.4) is 0 Å². The van der Waals surface area contributed by atoms with E-state index < -0.39 is 0 Å². The highest BCUT2D eigenvalue weighted by molar-refractivity contribution is 5.68. The fraction of sp³-hybridized carbons (Fsp3) is 0.316. The van der Waals surface area contributed by atoms with E-state index in [1.165, 1.54) is 11.1 Å². The number of hydrogen-bond donors (Lipinski definition) is 1. The molecule has 2 nitrogen and oxygen atoms in total. The fourth-order valence-electron chi connectivity index (χ4n) is 2.36. The molecule has 0 atom stereocenters. The Labute approximate surface area is 127 Å². The van der Waals surface area contributed by atoms with E-state index in [4.69, 9.17) is 4.79 Å². The lowest BCUT2D eigenvalue weighted by atomic mass is 9.89. The van der Waals surface area contributed by atoms with Gasteiger partial charge in [-0.05, 0) is 46.2 Å². The van der Waals surface area contributed by atoms with E-state index in [0.717, 1.165) is 11.1 Å². The highest BCUT2D eigenvalue weighted by atomic mass is 16.3. The van der Waals surface area contributed by atoms with Crippen molar-refractivity contribution in [3.63, 3.8) is 0 Å². The highest BCUT2D eigenvalue weighted by Crippen LogP contribution is 2.37. The van der Waals surface area contributed by atoms with E-state index in [1.54, 1.807) is 0 Å². The van der Waals surface area contributed by atoms with E-state index >= 15 is 0 Å². The number of carbonyl (C=O) groups excluding carboxylic acids is 1. The first-order valence-electron chi connectivity index (χ1n) is 7.21. The quantitative estimate of drug-likeness (QED) is 0.849. The molecule has 0 aliphatic carbocycles. The molecule has 2 rings (SSSR count). The van der Waals surface area contributed by atoms with E-state index in [1.807, 2.05) is 25.0 Å². The molecule has 0 saturated carbocycles. The van der Waals surface area contributed by atoms with Crippen LogP contribution in [-0.2, 0) is 4.79 Å². The van der Waals surface area contributed by atoms with Gasteiger partial charge in [-0.1, -0.05) is 58.0 Å². The lowest BCUT2D eigenvalue weighted by molar-refractivity contribution is -0.0979. The fourth-order valence-corrected chi connectivity index (χ4v) is 2.36. The molecule has 2 aromatic carbocycles. The summed E-state index contributed by atoms with van der Waals surface area (Å²) in [6.45, 7) is 10.5. The third-order valence-electron chi connectivity index (χ3n) is 3.52. The predicted octanol–water partition coefficient (Wildman–Crippen LogP) is 5.12. The minimum absolute atomic E-state index is 0.321. The average Bonchev–Trinajstić information content (AvgIpc) is 2.49. The summed E-state index contributed by atoms with van der Waals surface area (Å²) >= 11 is 0. The number of carbonyl (C=O) groups is 1. The van der Waals surface area contributed by atoms with Crippen molar-refractivity contribution in [1.29, 1.82) is 0 Å². The molecule has 0 amide bonds. The second kappa shape index (κ2) is 7.63. The normalized spacial score (nSPS) is 10.4. The van der Waals surface area contributed by atoms with Gasteiger partial charge in [0.2, 0.25) is 0 Å².